The number of carbonyl (C=O) groups excluding carboxylic acids is 3. The fourth-order valence-electron chi connectivity index (χ4n) is 3.46. The van der Waals surface area contributed by atoms with E-state index < -0.39 is 24.5 Å². The molecule has 8 nitrogen and oxygen atoms in total. The van der Waals surface area contributed by atoms with Crippen molar-refractivity contribution in [3.63, 3.8) is 0 Å². The zero-order valence-corrected chi connectivity index (χ0v) is 20.1. The van der Waals surface area contributed by atoms with E-state index in [1.807, 2.05) is 0 Å². The number of methoxy groups -OCH3 is 2. The number of hydrogen-bond acceptors (Lipinski definition) is 8. The van der Waals surface area contributed by atoms with E-state index >= 15 is 0 Å². The van der Waals surface area contributed by atoms with Gasteiger partial charge in [-0.25, -0.2) is 9.59 Å². The number of esters is 2. The number of ether oxygens (including phenoxy) is 4. The van der Waals surface area contributed by atoms with Crippen LogP contribution >= 0.6 is 22.9 Å². The van der Waals surface area contributed by atoms with Gasteiger partial charge in [-0.1, -0.05) is 11.6 Å². The van der Waals surface area contributed by atoms with Crippen molar-refractivity contribution in [3.8, 4) is 11.5 Å². The second-order valence-electron chi connectivity index (χ2n) is 7.01. The van der Waals surface area contributed by atoms with Crippen LogP contribution in [0.5, 0.6) is 11.5 Å². The highest BCUT2D eigenvalue weighted by atomic mass is 35.5. The highest BCUT2D eigenvalue weighted by Crippen LogP contribution is 2.39. The van der Waals surface area contributed by atoms with Gasteiger partial charge in [-0.2, -0.15) is 0 Å². The van der Waals surface area contributed by atoms with Crippen molar-refractivity contribution in [1.82, 2.24) is 0 Å². The maximum atomic E-state index is 12.4. The van der Waals surface area contributed by atoms with Crippen molar-refractivity contribution in [2.75, 3.05) is 32.8 Å². The molecule has 0 atom stereocenters. The Hall–Kier alpha value is -3.04. The normalized spacial score (nSPS) is 12.4. The molecule has 0 saturated heterocycles. The van der Waals surface area contributed by atoms with Gasteiger partial charge < -0.3 is 24.3 Å². The van der Waals surface area contributed by atoms with Crippen molar-refractivity contribution in [1.29, 1.82) is 0 Å². The molecular weight excluding hydrogens is 470 g/mol. The average Bonchev–Trinajstić information content (AvgIpc) is 3.36. The molecule has 0 fully saturated rings. The predicted molar refractivity (Wildman–Crippen MR) is 125 cm³/mol. The molecule has 176 valence electrons. The summed E-state index contributed by atoms with van der Waals surface area (Å²) in [6.07, 6.45) is 5.26. The topological polar surface area (TPSA) is 100 Å². The summed E-state index contributed by atoms with van der Waals surface area (Å²) in [6, 6.07) is 3.25. The van der Waals surface area contributed by atoms with Crippen molar-refractivity contribution in [3.05, 3.63) is 44.8 Å². The summed E-state index contributed by atoms with van der Waals surface area (Å²) in [7, 11) is 2.95. The molecule has 0 aliphatic heterocycles. The van der Waals surface area contributed by atoms with E-state index in [0.717, 1.165) is 29.7 Å². The van der Waals surface area contributed by atoms with Gasteiger partial charge in [0.2, 0.25) is 0 Å². The summed E-state index contributed by atoms with van der Waals surface area (Å²) in [6.45, 7) is 1.47. The third-order valence-electron chi connectivity index (χ3n) is 4.87. The van der Waals surface area contributed by atoms with E-state index in [1.54, 1.807) is 19.1 Å². The summed E-state index contributed by atoms with van der Waals surface area (Å²) in [5.74, 6) is -0.914. The number of nitrogens with one attached hydrogen (secondary N) is 1. The summed E-state index contributed by atoms with van der Waals surface area (Å²) < 4.78 is 20.5. The number of halogens is 1. The van der Waals surface area contributed by atoms with Gasteiger partial charge in [0, 0.05) is 11.0 Å². The van der Waals surface area contributed by atoms with Crippen LogP contribution in [-0.4, -0.2) is 45.3 Å². The predicted octanol–water partition coefficient (Wildman–Crippen LogP) is 4.28. The number of aryl methyl sites for hydroxylation is 1. The van der Waals surface area contributed by atoms with E-state index in [1.165, 1.54) is 37.7 Å². The van der Waals surface area contributed by atoms with Crippen LogP contribution in [0.25, 0.3) is 6.08 Å². The molecule has 0 radical (unpaired) electrons. The van der Waals surface area contributed by atoms with Crippen LogP contribution in [0.4, 0.5) is 5.00 Å². The quantitative estimate of drug-likeness (QED) is 0.411. The van der Waals surface area contributed by atoms with Gasteiger partial charge >= 0.3 is 11.9 Å². The van der Waals surface area contributed by atoms with Crippen molar-refractivity contribution in [2.24, 2.45) is 0 Å². The fraction of sp³-hybridized carbons (Fsp3) is 0.348. The molecule has 0 bridgehead atoms. The number of hydrogen-bond donors (Lipinski definition) is 1. The SMILES string of the molecule is CCOC(=O)c1c(NC(=O)COC(=O)C=Cc2cc(Cl)c(OC)c(OC)c2)sc2c1CCC2. The van der Waals surface area contributed by atoms with Gasteiger partial charge in [-0.15, -0.1) is 11.3 Å². The largest absolute Gasteiger partial charge is 0.493 e. The summed E-state index contributed by atoms with van der Waals surface area (Å²) in [4.78, 5) is 37.9. The molecule has 1 aliphatic rings. The molecule has 10 heteroatoms. The van der Waals surface area contributed by atoms with Crippen LogP contribution in [-0.2, 0) is 31.9 Å². The Labute approximate surface area is 200 Å². The molecule has 1 aromatic heterocycles. The van der Waals surface area contributed by atoms with Gasteiger partial charge in [0.15, 0.2) is 18.1 Å². The molecule has 0 unspecified atom stereocenters. The van der Waals surface area contributed by atoms with Crippen LogP contribution in [0.2, 0.25) is 5.02 Å². The second-order valence-corrected chi connectivity index (χ2v) is 8.52. The van der Waals surface area contributed by atoms with Gasteiger partial charge in [0.25, 0.3) is 5.91 Å². The summed E-state index contributed by atoms with van der Waals surface area (Å²) in [5.41, 5.74) is 1.92. The van der Waals surface area contributed by atoms with E-state index in [4.69, 9.17) is 30.5 Å². The van der Waals surface area contributed by atoms with Crippen LogP contribution in [0.3, 0.4) is 0 Å². The first-order valence-electron chi connectivity index (χ1n) is 10.3. The maximum absolute atomic E-state index is 12.4. The Balaban J connectivity index is 1.60. The van der Waals surface area contributed by atoms with Crippen LogP contribution in [0.15, 0.2) is 18.2 Å². The minimum Gasteiger partial charge on any atom is -0.493 e. The van der Waals surface area contributed by atoms with E-state index in [9.17, 15) is 14.4 Å². The van der Waals surface area contributed by atoms with Gasteiger partial charge in [0.05, 0.1) is 31.4 Å². The molecule has 0 spiro atoms. The lowest BCUT2D eigenvalue weighted by molar-refractivity contribution is -0.142. The van der Waals surface area contributed by atoms with E-state index in [-0.39, 0.29) is 6.61 Å². The maximum Gasteiger partial charge on any atom is 0.341 e. The van der Waals surface area contributed by atoms with Gasteiger partial charge in [-0.05, 0) is 55.5 Å². The standard InChI is InChI=1S/C23H24ClNO7S/c1-4-31-23(28)20-14-6-5-7-17(14)33-22(20)25-18(26)12-32-19(27)9-8-13-10-15(24)21(30-3)16(11-13)29-2/h8-11H,4-7,12H2,1-3H3,(H,25,26). The number of fused-ring (bicyclic) bond motifs is 1. The monoisotopic (exact) mass is 493 g/mol. The number of carbonyl (C=O) groups is 3. The third kappa shape index (κ3) is 5.85. The first-order chi connectivity index (χ1) is 15.9. The Kier molecular flexibility index (Phi) is 8.35. The average molecular weight is 494 g/mol. The first-order valence-corrected chi connectivity index (χ1v) is 11.4. The van der Waals surface area contributed by atoms with Crippen molar-refractivity contribution in [2.45, 2.75) is 26.2 Å². The molecule has 1 amide bonds. The van der Waals surface area contributed by atoms with Crippen LogP contribution < -0.4 is 14.8 Å². The summed E-state index contributed by atoms with van der Waals surface area (Å²) >= 11 is 7.51. The Morgan fingerprint density at radius 2 is 1.94 bits per heavy atom. The highest BCUT2D eigenvalue weighted by Gasteiger charge is 2.28. The lowest BCUT2D eigenvalue weighted by Crippen LogP contribution is -2.21. The van der Waals surface area contributed by atoms with Crippen LogP contribution in [0, 0.1) is 0 Å². The fourth-order valence-corrected chi connectivity index (χ4v) is 5.05. The number of thiophene rings is 1. The van der Waals surface area contributed by atoms with Crippen molar-refractivity contribution < 1.29 is 33.3 Å². The molecule has 0 saturated carbocycles. The molecule has 1 heterocycles. The smallest absolute Gasteiger partial charge is 0.341 e. The lowest BCUT2D eigenvalue weighted by Gasteiger charge is -2.10. The zero-order chi connectivity index (χ0) is 24.0. The molecule has 1 aliphatic carbocycles. The van der Waals surface area contributed by atoms with E-state index in [2.05, 4.69) is 5.32 Å². The number of rotatable bonds is 9. The van der Waals surface area contributed by atoms with Crippen molar-refractivity contribution >= 4 is 51.9 Å². The zero-order valence-electron chi connectivity index (χ0n) is 18.5. The molecule has 1 N–H and O–H groups in total. The first kappa shape index (κ1) is 24.6. The Bertz CT molecular complexity index is 1090. The summed E-state index contributed by atoms with van der Waals surface area (Å²) in [5, 5.41) is 3.42. The lowest BCUT2D eigenvalue weighted by atomic mass is 10.1. The molecule has 33 heavy (non-hydrogen) atoms. The Morgan fingerprint density at radius 1 is 1.15 bits per heavy atom. The molecular formula is C23H24ClNO7S. The highest BCUT2D eigenvalue weighted by molar-refractivity contribution is 7.17. The molecule has 3 rings (SSSR count). The minimum atomic E-state index is -0.713. The number of benzene rings is 1. The van der Waals surface area contributed by atoms with Gasteiger partial charge in [-0.3, -0.25) is 4.79 Å². The molecule has 1 aromatic carbocycles. The second kappa shape index (κ2) is 11.2. The number of amides is 1. The molecule has 2 aromatic rings. The number of anilines is 1. The van der Waals surface area contributed by atoms with Crippen LogP contribution in [0.1, 0.15) is 39.7 Å². The van der Waals surface area contributed by atoms with E-state index in [0.29, 0.717) is 32.6 Å². The minimum absolute atomic E-state index is 0.242. The van der Waals surface area contributed by atoms with Gasteiger partial charge in [0.1, 0.15) is 5.00 Å². The third-order valence-corrected chi connectivity index (χ3v) is 6.36. The Morgan fingerprint density at radius 3 is 2.64 bits per heavy atom.